The van der Waals surface area contributed by atoms with Gasteiger partial charge in [-0.3, -0.25) is 10.1 Å². The van der Waals surface area contributed by atoms with Gasteiger partial charge in [0.05, 0.1) is 4.92 Å². The van der Waals surface area contributed by atoms with Gasteiger partial charge in [-0.1, -0.05) is 12.1 Å². The Morgan fingerprint density at radius 3 is 2.74 bits per heavy atom. The molecule has 0 saturated carbocycles. The SMILES string of the molecule is CNC(C)Cc1noc(-c2ccc(N3CCC(C)CC3)c([N+](=O)[O-])c2)n1.Cl. The fourth-order valence-corrected chi connectivity index (χ4v) is 3.15. The molecule has 1 aromatic heterocycles. The van der Waals surface area contributed by atoms with Gasteiger partial charge in [-0.2, -0.15) is 4.98 Å². The Morgan fingerprint density at radius 1 is 1.41 bits per heavy atom. The summed E-state index contributed by atoms with van der Waals surface area (Å²) in [5.74, 6) is 1.56. The summed E-state index contributed by atoms with van der Waals surface area (Å²) in [4.78, 5) is 17.7. The number of nitrogens with one attached hydrogen (secondary N) is 1. The summed E-state index contributed by atoms with van der Waals surface area (Å²) < 4.78 is 5.31. The van der Waals surface area contributed by atoms with Crippen molar-refractivity contribution in [2.24, 2.45) is 5.92 Å². The van der Waals surface area contributed by atoms with Crippen LogP contribution in [0.1, 0.15) is 32.5 Å². The first-order chi connectivity index (χ1) is 12.5. The molecule has 1 aromatic carbocycles. The Hall–Kier alpha value is -2.19. The van der Waals surface area contributed by atoms with Crippen molar-refractivity contribution < 1.29 is 9.45 Å². The van der Waals surface area contributed by atoms with Crippen LogP contribution in [0, 0.1) is 16.0 Å². The molecule has 27 heavy (non-hydrogen) atoms. The first kappa shape index (κ1) is 21.1. The topological polar surface area (TPSA) is 97.3 Å². The highest BCUT2D eigenvalue weighted by Crippen LogP contribution is 2.34. The Bertz CT molecular complexity index is 774. The molecule has 1 fully saturated rings. The highest BCUT2D eigenvalue weighted by atomic mass is 35.5. The van der Waals surface area contributed by atoms with Gasteiger partial charge < -0.3 is 14.7 Å². The molecule has 3 rings (SSSR count). The van der Waals surface area contributed by atoms with Crippen LogP contribution in [0.25, 0.3) is 11.5 Å². The molecule has 1 saturated heterocycles. The van der Waals surface area contributed by atoms with Crippen LogP contribution in [0.15, 0.2) is 22.7 Å². The summed E-state index contributed by atoms with van der Waals surface area (Å²) in [6, 6.07) is 5.37. The van der Waals surface area contributed by atoms with E-state index in [-0.39, 0.29) is 29.1 Å². The molecule has 8 nitrogen and oxygen atoms in total. The molecule has 0 aliphatic carbocycles. The van der Waals surface area contributed by atoms with Crippen molar-refractivity contribution in [3.63, 3.8) is 0 Å². The van der Waals surface area contributed by atoms with Crippen LogP contribution >= 0.6 is 12.4 Å². The minimum Gasteiger partial charge on any atom is -0.366 e. The Kier molecular flexibility index (Phi) is 7.15. The average molecular weight is 396 g/mol. The van der Waals surface area contributed by atoms with Gasteiger partial charge in [0.1, 0.15) is 5.69 Å². The van der Waals surface area contributed by atoms with Crippen molar-refractivity contribution in [2.75, 3.05) is 25.0 Å². The second-order valence-corrected chi connectivity index (χ2v) is 7.04. The first-order valence-electron chi connectivity index (χ1n) is 9.01. The monoisotopic (exact) mass is 395 g/mol. The third-order valence-corrected chi connectivity index (χ3v) is 4.99. The highest BCUT2D eigenvalue weighted by molar-refractivity contribution is 5.85. The number of nitrogens with zero attached hydrogens (tertiary/aromatic N) is 4. The largest absolute Gasteiger partial charge is 0.366 e. The van der Waals surface area contributed by atoms with Crippen molar-refractivity contribution in [3.8, 4) is 11.5 Å². The Morgan fingerprint density at radius 2 is 2.11 bits per heavy atom. The summed E-state index contributed by atoms with van der Waals surface area (Å²) in [7, 11) is 1.87. The normalized spacial score (nSPS) is 16.0. The highest BCUT2D eigenvalue weighted by Gasteiger charge is 2.25. The maximum atomic E-state index is 11.6. The number of benzene rings is 1. The smallest absolute Gasteiger partial charge is 0.293 e. The maximum Gasteiger partial charge on any atom is 0.293 e. The third kappa shape index (κ3) is 4.95. The summed E-state index contributed by atoms with van der Waals surface area (Å²) in [6.07, 6.45) is 2.73. The molecule has 0 spiro atoms. The zero-order valence-corrected chi connectivity index (χ0v) is 16.7. The molecule has 0 amide bonds. The van der Waals surface area contributed by atoms with E-state index in [2.05, 4.69) is 27.3 Å². The lowest BCUT2D eigenvalue weighted by molar-refractivity contribution is -0.384. The lowest BCUT2D eigenvalue weighted by Gasteiger charge is -2.31. The van der Waals surface area contributed by atoms with Crippen LogP contribution in [0.2, 0.25) is 0 Å². The van der Waals surface area contributed by atoms with Gasteiger partial charge in [-0.15, -0.1) is 12.4 Å². The van der Waals surface area contributed by atoms with Gasteiger partial charge in [-0.25, -0.2) is 0 Å². The van der Waals surface area contributed by atoms with Crippen LogP contribution in [0.4, 0.5) is 11.4 Å². The predicted molar refractivity (Wildman–Crippen MR) is 106 cm³/mol. The minimum absolute atomic E-state index is 0. The van der Waals surface area contributed by atoms with Crippen molar-refractivity contribution in [1.82, 2.24) is 15.5 Å². The lowest BCUT2D eigenvalue weighted by atomic mass is 9.98. The van der Waals surface area contributed by atoms with E-state index in [4.69, 9.17) is 4.52 Å². The molecule has 0 radical (unpaired) electrons. The van der Waals surface area contributed by atoms with Gasteiger partial charge in [0.25, 0.3) is 11.6 Å². The van der Waals surface area contributed by atoms with Gasteiger partial charge in [0, 0.05) is 37.2 Å². The van der Waals surface area contributed by atoms with E-state index in [0.29, 0.717) is 35.3 Å². The summed E-state index contributed by atoms with van der Waals surface area (Å²) in [6.45, 7) is 5.92. The number of nitro benzene ring substituents is 1. The quantitative estimate of drug-likeness (QED) is 0.590. The summed E-state index contributed by atoms with van der Waals surface area (Å²) in [5, 5.41) is 18.7. The minimum atomic E-state index is -0.336. The average Bonchev–Trinajstić information content (AvgIpc) is 3.10. The molecule has 9 heteroatoms. The van der Waals surface area contributed by atoms with Gasteiger partial charge in [0.15, 0.2) is 5.82 Å². The number of rotatable bonds is 6. The zero-order chi connectivity index (χ0) is 18.7. The number of anilines is 1. The Labute approximate surface area is 164 Å². The predicted octanol–water partition coefficient (Wildman–Crippen LogP) is 3.45. The molecular weight excluding hydrogens is 370 g/mol. The summed E-state index contributed by atoms with van der Waals surface area (Å²) >= 11 is 0. The molecule has 0 bridgehead atoms. The zero-order valence-electron chi connectivity index (χ0n) is 15.8. The van der Waals surface area contributed by atoms with Crippen molar-refractivity contribution in [1.29, 1.82) is 0 Å². The number of hydrogen-bond donors (Lipinski definition) is 1. The van der Waals surface area contributed by atoms with Gasteiger partial charge in [0.2, 0.25) is 0 Å². The van der Waals surface area contributed by atoms with Gasteiger partial charge >= 0.3 is 0 Å². The fourth-order valence-electron chi connectivity index (χ4n) is 3.15. The Balaban J connectivity index is 0.00000261. The standard InChI is InChI=1S/C18H25N5O3.ClH/c1-12-6-8-22(9-7-12)15-5-4-14(11-16(15)23(24)25)18-20-17(21-26-18)10-13(2)19-3;/h4-5,11-13,19H,6-10H2,1-3H3;1H. The van der Waals surface area contributed by atoms with E-state index in [1.165, 1.54) is 6.07 Å². The van der Waals surface area contributed by atoms with E-state index >= 15 is 0 Å². The number of piperidine rings is 1. The van der Waals surface area contributed by atoms with Crippen molar-refractivity contribution >= 4 is 23.8 Å². The molecule has 1 unspecified atom stereocenters. The van der Waals surface area contributed by atoms with E-state index < -0.39 is 0 Å². The van der Waals surface area contributed by atoms with Crippen molar-refractivity contribution in [2.45, 2.75) is 39.2 Å². The van der Waals surface area contributed by atoms with E-state index in [9.17, 15) is 10.1 Å². The fraction of sp³-hybridized carbons (Fsp3) is 0.556. The van der Waals surface area contributed by atoms with Crippen LogP contribution in [-0.4, -0.2) is 41.2 Å². The molecule has 148 valence electrons. The van der Waals surface area contributed by atoms with Crippen LogP contribution in [-0.2, 0) is 6.42 Å². The molecule has 2 heterocycles. The number of aromatic nitrogens is 2. The third-order valence-electron chi connectivity index (χ3n) is 4.99. The molecule has 1 aliphatic rings. The molecule has 2 aromatic rings. The number of nitro groups is 1. The first-order valence-corrected chi connectivity index (χ1v) is 9.01. The molecular formula is C18H26ClN5O3. The van der Waals surface area contributed by atoms with E-state index in [0.717, 1.165) is 25.9 Å². The van der Waals surface area contributed by atoms with E-state index in [1.54, 1.807) is 6.07 Å². The maximum absolute atomic E-state index is 11.6. The number of likely N-dealkylation sites (N-methyl/N-ethyl adjacent to an activating group) is 1. The van der Waals surface area contributed by atoms with Crippen LogP contribution in [0.3, 0.4) is 0 Å². The molecule has 1 aliphatic heterocycles. The van der Waals surface area contributed by atoms with Crippen LogP contribution in [0.5, 0.6) is 0 Å². The van der Waals surface area contributed by atoms with Gasteiger partial charge in [-0.05, 0) is 44.9 Å². The lowest BCUT2D eigenvalue weighted by Crippen LogP contribution is -2.33. The molecule has 1 N–H and O–H groups in total. The number of hydrogen-bond acceptors (Lipinski definition) is 7. The van der Waals surface area contributed by atoms with Crippen LogP contribution < -0.4 is 10.2 Å². The second kappa shape index (κ2) is 9.14. The summed E-state index contributed by atoms with van der Waals surface area (Å²) in [5.41, 5.74) is 1.32. The molecule has 1 atom stereocenters. The van der Waals surface area contributed by atoms with E-state index in [1.807, 2.05) is 20.0 Å². The second-order valence-electron chi connectivity index (χ2n) is 7.04. The van der Waals surface area contributed by atoms with Crippen molar-refractivity contribution in [3.05, 3.63) is 34.1 Å². The number of halogens is 1.